The summed E-state index contributed by atoms with van der Waals surface area (Å²) in [5, 5.41) is 8.36. The Bertz CT molecular complexity index is 995. The van der Waals surface area contributed by atoms with Crippen LogP contribution in [-0.4, -0.2) is 37.5 Å². The third-order valence-electron chi connectivity index (χ3n) is 5.98. The third-order valence-corrected chi connectivity index (χ3v) is 5.98. The van der Waals surface area contributed by atoms with Gasteiger partial charge in [-0.3, -0.25) is 9.78 Å². The van der Waals surface area contributed by atoms with Crippen molar-refractivity contribution in [2.24, 2.45) is 0 Å². The van der Waals surface area contributed by atoms with Gasteiger partial charge in [0.1, 0.15) is 0 Å². The second kappa shape index (κ2) is 20.7. The summed E-state index contributed by atoms with van der Waals surface area (Å²) in [6, 6.07) is 13.2. The van der Waals surface area contributed by atoms with E-state index in [1.807, 2.05) is 13.8 Å². The lowest BCUT2D eigenvalue weighted by atomic mass is 10.1. The van der Waals surface area contributed by atoms with Crippen molar-refractivity contribution in [3.05, 3.63) is 70.8 Å². The Labute approximate surface area is 244 Å². The summed E-state index contributed by atoms with van der Waals surface area (Å²) >= 11 is 0. The largest absolute Gasteiger partial charge is 0.543 e. The standard InChI is InChI=1S/C30H38O12/c1-23-13-17-25(18-14-23)27(31)37-41-39-29(33)35-21-11-9-7-5-3-4-6-8-10-12-22-36-30(34)40-42-38-28(32)26-19-15-24(2)16-20-26/h13-20H,3-12,21-22H2,1-2H3. The first-order valence-corrected chi connectivity index (χ1v) is 13.9. The molecule has 0 bridgehead atoms. The summed E-state index contributed by atoms with van der Waals surface area (Å²) in [4.78, 5) is 63.6. The second-order valence-corrected chi connectivity index (χ2v) is 9.51. The Morgan fingerprint density at radius 1 is 0.452 bits per heavy atom. The number of hydrogen-bond acceptors (Lipinski definition) is 12. The average Bonchev–Trinajstić information content (AvgIpc) is 2.98. The van der Waals surface area contributed by atoms with Crippen molar-refractivity contribution in [2.75, 3.05) is 13.2 Å². The number of benzene rings is 2. The molecule has 0 aromatic heterocycles. The van der Waals surface area contributed by atoms with Crippen LogP contribution in [0.15, 0.2) is 48.5 Å². The minimum atomic E-state index is -1.08. The van der Waals surface area contributed by atoms with Crippen molar-refractivity contribution in [1.29, 1.82) is 0 Å². The Kier molecular flexibility index (Phi) is 16.8. The van der Waals surface area contributed by atoms with Gasteiger partial charge in [0, 0.05) is 0 Å². The van der Waals surface area contributed by atoms with E-state index in [0.29, 0.717) is 12.8 Å². The highest BCUT2D eigenvalue weighted by Crippen LogP contribution is 2.11. The van der Waals surface area contributed by atoms with Crippen LogP contribution in [-0.2, 0) is 39.1 Å². The Morgan fingerprint density at radius 3 is 1.10 bits per heavy atom. The van der Waals surface area contributed by atoms with Gasteiger partial charge in [-0.25, -0.2) is 29.0 Å². The number of carbonyl (C=O) groups is 4. The Hall–Kier alpha value is -4.16. The summed E-state index contributed by atoms with van der Waals surface area (Å²) in [7, 11) is 0. The lowest BCUT2D eigenvalue weighted by Crippen LogP contribution is -2.12. The zero-order valence-corrected chi connectivity index (χ0v) is 24.0. The van der Waals surface area contributed by atoms with Gasteiger partial charge in [-0.05, 0) is 51.0 Å². The normalized spacial score (nSPS) is 10.4. The maximum Gasteiger partial charge on any atom is 0.543 e. The van der Waals surface area contributed by atoms with Crippen LogP contribution < -0.4 is 0 Å². The third kappa shape index (κ3) is 15.6. The van der Waals surface area contributed by atoms with Gasteiger partial charge in [0.15, 0.2) is 0 Å². The summed E-state index contributed by atoms with van der Waals surface area (Å²) in [5.41, 5.74) is 2.49. The molecule has 12 heteroatoms. The van der Waals surface area contributed by atoms with E-state index < -0.39 is 24.2 Å². The first-order valence-electron chi connectivity index (χ1n) is 13.9. The molecule has 12 nitrogen and oxygen atoms in total. The highest BCUT2D eigenvalue weighted by molar-refractivity contribution is 5.89. The van der Waals surface area contributed by atoms with Crippen LogP contribution in [0.1, 0.15) is 96.1 Å². The van der Waals surface area contributed by atoms with E-state index in [-0.39, 0.29) is 24.3 Å². The van der Waals surface area contributed by atoms with Crippen molar-refractivity contribution < 1.29 is 58.3 Å². The zero-order chi connectivity index (χ0) is 30.4. The van der Waals surface area contributed by atoms with E-state index in [1.54, 1.807) is 48.5 Å². The lowest BCUT2D eigenvalue weighted by Gasteiger charge is -2.05. The number of rotatable bonds is 19. The van der Waals surface area contributed by atoms with Gasteiger partial charge in [0.25, 0.3) is 0 Å². The van der Waals surface area contributed by atoms with Crippen LogP contribution in [0, 0.1) is 13.8 Å². The smallest absolute Gasteiger partial charge is 0.432 e. The second-order valence-electron chi connectivity index (χ2n) is 9.51. The molecule has 0 saturated carbocycles. The van der Waals surface area contributed by atoms with E-state index >= 15 is 0 Å². The molecule has 0 radical (unpaired) electrons. The van der Waals surface area contributed by atoms with Crippen LogP contribution in [0.25, 0.3) is 0 Å². The highest BCUT2D eigenvalue weighted by atomic mass is 17.5. The topological polar surface area (TPSA) is 142 Å². The molecule has 0 N–H and O–H groups in total. The van der Waals surface area contributed by atoms with Gasteiger partial charge >= 0.3 is 24.2 Å². The molecule has 230 valence electrons. The van der Waals surface area contributed by atoms with Crippen molar-refractivity contribution in [2.45, 2.75) is 78.1 Å². The molecule has 0 heterocycles. The molecule has 42 heavy (non-hydrogen) atoms. The molecule has 0 aliphatic heterocycles. The van der Waals surface area contributed by atoms with Gasteiger partial charge < -0.3 is 9.47 Å². The fraction of sp³-hybridized carbons (Fsp3) is 0.467. The number of unbranched alkanes of at least 4 members (excludes halogenated alkanes) is 9. The average molecular weight is 591 g/mol. The molecule has 0 saturated heterocycles. The molecule has 2 rings (SSSR count). The fourth-order valence-corrected chi connectivity index (χ4v) is 3.60. The van der Waals surface area contributed by atoms with Crippen LogP contribution in [0.5, 0.6) is 0 Å². The van der Waals surface area contributed by atoms with E-state index in [2.05, 4.69) is 29.6 Å². The minimum Gasteiger partial charge on any atom is -0.432 e. The summed E-state index contributed by atoms with van der Waals surface area (Å²) < 4.78 is 9.71. The molecular weight excluding hydrogens is 552 g/mol. The predicted octanol–water partition coefficient (Wildman–Crippen LogP) is 7.22. The monoisotopic (exact) mass is 590 g/mol. The molecule has 0 amide bonds. The SMILES string of the molecule is Cc1ccc(C(=O)OOOC(=O)OCCCCCCCCCCCCOC(=O)OOOC(=O)c2ccc(C)cc2)cc1. The molecule has 2 aromatic rings. The van der Waals surface area contributed by atoms with Gasteiger partial charge in [-0.1, -0.05) is 86.8 Å². The van der Waals surface area contributed by atoms with Crippen LogP contribution >= 0.6 is 0 Å². The van der Waals surface area contributed by atoms with Gasteiger partial charge in [-0.2, -0.15) is 0 Å². The summed E-state index contributed by atoms with van der Waals surface area (Å²) in [5.74, 6) is -1.58. The highest BCUT2D eigenvalue weighted by Gasteiger charge is 2.13. The first-order chi connectivity index (χ1) is 20.3. The quantitative estimate of drug-likeness (QED) is 0.0705. The molecule has 0 aliphatic rings. The lowest BCUT2D eigenvalue weighted by molar-refractivity contribution is -0.452. The fourth-order valence-electron chi connectivity index (χ4n) is 3.60. The minimum absolute atomic E-state index is 0.175. The van der Waals surface area contributed by atoms with E-state index in [9.17, 15) is 19.2 Å². The van der Waals surface area contributed by atoms with Gasteiger partial charge in [0.2, 0.25) is 0 Å². The maximum absolute atomic E-state index is 11.7. The number of aryl methyl sites for hydroxylation is 2. The maximum atomic E-state index is 11.7. The molecule has 0 aliphatic carbocycles. The first kappa shape index (κ1) is 34.0. The zero-order valence-electron chi connectivity index (χ0n) is 24.0. The molecule has 0 atom stereocenters. The van der Waals surface area contributed by atoms with E-state index in [1.165, 1.54) is 0 Å². The number of carbonyl (C=O) groups excluding carboxylic acids is 4. The summed E-state index contributed by atoms with van der Waals surface area (Å²) in [6.45, 7) is 4.12. The molecule has 2 aromatic carbocycles. The van der Waals surface area contributed by atoms with Crippen LogP contribution in [0.3, 0.4) is 0 Å². The Morgan fingerprint density at radius 2 is 0.762 bits per heavy atom. The summed E-state index contributed by atoms with van der Waals surface area (Å²) in [6.07, 6.45) is 7.39. The van der Waals surface area contributed by atoms with E-state index in [0.717, 1.165) is 62.5 Å². The van der Waals surface area contributed by atoms with Crippen LogP contribution in [0.2, 0.25) is 0 Å². The van der Waals surface area contributed by atoms with Crippen molar-refractivity contribution >= 4 is 24.2 Å². The van der Waals surface area contributed by atoms with Gasteiger partial charge in [-0.15, -0.1) is 0 Å². The van der Waals surface area contributed by atoms with Gasteiger partial charge in [0.05, 0.1) is 34.4 Å². The predicted molar refractivity (Wildman–Crippen MR) is 146 cm³/mol. The molecule has 0 unspecified atom stereocenters. The number of ether oxygens (including phenoxy) is 2. The van der Waals surface area contributed by atoms with E-state index in [4.69, 9.17) is 9.47 Å². The van der Waals surface area contributed by atoms with Crippen LogP contribution in [0.4, 0.5) is 9.59 Å². The van der Waals surface area contributed by atoms with Crippen molar-refractivity contribution in [1.82, 2.24) is 0 Å². The van der Waals surface area contributed by atoms with Crippen molar-refractivity contribution in [3.63, 3.8) is 0 Å². The molecule has 0 spiro atoms. The molecular formula is C30H38O12. The Balaban J connectivity index is 1.30. The number of hydrogen-bond donors (Lipinski definition) is 0. The molecule has 0 fully saturated rings. The van der Waals surface area contributed by atoms with Crippen molar-refractivity contribution in [3.8, 4) is 0 Å².